The van der Waals surface area contributed by atoms with Gasteiger partial charge < -0.3 is 5.73 Å². The summed E-state index contributed by atoms with van der Waals surface area (Å²) in [7, 11) is -3.43. The first-order valence-corrected chi connectivity index (χ1v) is 9.21. The molecule has 3 heterocycles. The number of hydrogen-bond acceptors (Lipinski definition) is 6. The number of anilines is 1. The van der Waals surface area contributed by atoms with Crippen LogP contribution in [0.4, 0.5) is 5.13 Å². The van der Waals surface area contributed by atoms with E-state index >= 15 is 0 Å². The van der Waals surface area contributed by atoms with Gasteiger partial charge in [0.1, 0.15) is 0 Å². The largest absolute Gasteiger partial charge is 0.375 e. The molecular weight excluding hydrogens is 296 g/mol. The summed E-state index contributed by atoms with van der Waals surface area (Å²) >= 11 is 1.07. The molecule has 1 atom stereocenters. The number of nitrogen functional groups attached to an aromatic ring is 1. The van der Waals surface area contributed by atoms with Gasteiger partial charge >= 0.3 is 0 Å². The van der Waals surface area contributed by atoms with E-state index in [1.54, 1.807) is 11.2 Å². The predicted octanol–water partition coefficient (Wildman–Crippen LogP) is 0.893. The van der Waals surface area contributed by atoms with Crippen LogP contribution in [0.15, 0.2) is 4.21 Å². The Morgan fingerprint density at radius 2 is 2.00 bits per heavy atom. The van der Waals surface area contributed by atoms with Gasteiger partial charge in [-0.15, -0.1) is 0 Å². The highest BCUT2D eigenvalue weighted by atomic mass is 32.2. The number of thiazole rings is 1. The zero-order chi connectivity index (χ0) is 14.3. The topological polar surface area (TPSA) is 79.5 Å². The molecule has 1 aromatic heterocycles. The molecule has 6 nitrogen and oxygen atoms in total. The third-order valence-electron chi connectivity index (χ3n) is 4.13. The molecule has 2 fully saturated rings. The number of rotatable bonds is 3. The van der Waals surface area contributed by atoms with E-state index in [9.17, 15) is 8.42 Å². The number of nitrogens with zero attached hydrogens (tertiary/aromatic N) is 3. The van der Waals surface area contributed by atoms with E-state index in [1.807, 2.05) is 0 Å². The molecular formula is C12H20N4O2S2. The molecule has 2 N–H and O–H groups in total. The highest BCUT2D eigenvalue weighted by molar-refractivity contribution is 7.91. The number of aromatic nitrogens is 1. The number of hydrogen-bond donors (Lipinski definition) is 1. The molecule has 0 radical (unpaired) electrons. The summed E-state index contributed by atoms with van der Waals surface area (Å²) < 4.78 is 27.2. The van der Waals surface area contributed by atoms with E-state index in [1.165, 1.54) is 12.8 Å². The molecule has 0 saturated carbocycles. The van der Waals surface area contributed by atoms with Crippen LogP contribution in [0.25, 0.3) is 0 Å². The molecule has 8 heteroatoms. The van der Waals surface area contributed by atoms with E-state index in [4.69, 9.17) is 5.73 Å². The molecule has 2 aliphatic rings. The fraction of sp³-hybridized carbons (Fsp3) is 0.750. The summed E-state index contributed by atoms with van der Waals surface area (Å²) in [5.41, 5.74) is 6.13. The second-order valence-electron chi connectivity index (χ2n) is 5.47. The Morgan fingerprint density at radius 3 is 2.60 bits per heavy atom. The van der Waals surface area contributed by atoms with E-state index in [0.717, 1.165) is 30.8 Å². The molecule has 1 aromatic rings. The summed E-state index contributed by atoms with van der Waals surface area (Å²) in [6.07, 6.45) is 3.38. The number of likely N-dealkylation sites (tertiary alicyclic amines) is 1. The van der Waals surface area contributed by atoms with Crippen LogP contribution in [-0.2, 0) is 10.0 Å². The number of sulfonamides is 1. The number of nitrogens with two attached hydrogens (primary N) is 1. The minimum Gasteiger partial charge on any atom is -0.375 e. The van der Waals surface area contributed by atoms with Crippen molar-refractivity contribution in [2.75, 3.05) is 31.9 Å². The minimum atomic E-state index is -3.43. The van der Waals surface area contributed by atoms with E-state index in [0.29, 0.717) is 34.2 Å². The molecule has 0 spiro atoms. The lowest BCUT2D eigenvalue weighted by Crippen LogP contribution is -2.37. The molecule has 2 saturated heterocycles. The normalized spacial score (nSPS) is 25.6. The highest BCUT2D eigenvalue weighted by Crippen LogP contribution is 2.31. The van der Waals surface area contributed by atoms with Crippen molar-refractivity contribution in [3.8, 4) is 0 Å². The average molecular weight is 316 g/mol. The Morgan fingerprint density at radius 1 is 1.30 bits per heavy atom. The monoisotopic (exact) mass is 316 g/mol. The van der Waals surface area contributed by atoms with E-state index < -0.39 is 10.0 Å². The zero-order valence-corrected chi connectivity index (χ0v) is 13.2. The maximum Gasteiger partial charge on any atom is 0.254 e. The first-order valence-electron chi connectivity index (χ1n) is 6.95. The number of aryl methyl sites for hydroxylation is 1. The first-order chi connectivity index (χ1) is 9.48. The van der Waals surface area contributed by atoms with Crippen LogP contribution in [-0.4, -0.2) is 54.8 Å². The van der Waals surface area contributed by atoms with Gasteiger partial charge in [-0.25, -0.2) is 13.4 Å². The summed E-state index contributed by atoms with van der Waals surface area (Å²) in [4.78, 5) is 6.45. The third-order valence-corrected chi connectivity index (χ3v) is 7.57. The van der Waals surface area contributed by atoms with Crippen LogP contribution in [0.2, 0.25) is 0 Å². The SMILES string of the molecule is Cc1nc(N)sc1S(=O)(=O)N1CCC(N2CCCC2)C1. The molecule has 20 heavy (non-hydrogen) atoms. The molecule has 0 aliphatic carbocycles. The summed E-state index contributed by atoms with van der Waals surface area (Å²) in [6.45, 7) is 5.10. The Labute approximate surface area is 123 Å². The van der Waals surface area contributed by atoms with Gasteiger partial charge in [0.15, 0.2) is 9.34 Å². The molecule has 1 unspecified atom stereocenters. The molecule has 2 aliphatic heterocycles. The average Bonchev–Trinajstić information content (AvgIpc) is 3.07. The molecule has 112 valence electrons. The zero-order valence-electron chi connectivity index (χ0n) is 11.6. The van der Waals surface area contributed by atoms with Crippen LogP contribution in [0, 0.1) is 6.92 Å². The second-order valence-corrected chi connectivity index (χ2v) is 8.64. The van der Waals surface area contributed by atoms with E-state index in [2.05, 4.69) is 9.88 Å². The first kappa shape index (κ1) is 14.2. The maximum atomic E-state index is 12.7. The van der Waals surface area contributed by atoms with Gasteiger partial charge in [0.05, 0.1) is 5.69 Å². The molecule has 0 amide bonds. The third kappa shape index (κ3) is 2.45. The van der Waals surface area contributed by atoms with Gasteiger partial charge in [0.25, 0.3) is 10.0 Å². The van der Waals surface area contributed by atoms with Gasteiger partial charge in [-0.2, -0.15) is 4.31 Å². The lowest BCUT2D eigenvalue weighted by molar-refractivity contribution is 0.251. The van der Waals surface area contributed by atoms with Crippen LogP contribution < -0.4 is 5.73 Å². The fourth-order valence-electron chi connectivity index (χ4n) is 3.09. The van der Waals surface area contributed by atoms with Crippen molar-refractivity contribution in [1.82, 2.24) is 14.2 Å². The van der Waals surface area contributed by atoms with Gasteiger partial charge in [-0.1, -0.05) is 11.3 Å². The smallest absolute Gasteiger partial charge is 0.254 e. The van der Waals surface area contributed by atoms with Gasteiger partial charge in [-0.3, -0.25) is 4.90 Å². The van der Waals surface area contributed by atoms with Crippen molar-refractivity contribution in [2.24, 2.45) is 0 Å². The van der Waals surface area contributed by atoms with Gasteiger partial charge in [0, 0.05) is 19.1 Å². The Bertz CT molecular complexity index is 593. The van der Waals surface area contributed by atoms with Crippen LogP contribution in [0.5, 0.6) is 0 Å². The highest BCUT2D eigenvalue weighted by Gasteiger charge is 2.37. The fourth-order valence-corrected chi connectivity index (χ4v) is 6.02. The standard InChI is InChI=1S/C12H20N4O2S2/c1-9-11(19-12(13)14-9)20(17,18)16-7-4-10(8-16)15-5-2-3-6-15/h10H,2-8H2,1H3,(H2,13,14). The van der Waals surface area contributed by atoms with Crippen molar-refractivity contribution in [3.05, 3.63) is 5.69 Å². The van der Waals surface area contributed by atoms with Gasteiger partial charge in [0.2, 0.25) is 0 Å². The Hall–Kier alpha value is -0.700. The minimum absolute atomic E-state index is 0.303. The van der Waals surface area contributed by atoms with Crippen LogP contribution in [0.3, 0.4) is 0 Å². The summed E-state index contributed by atoms with van der Waals surface area (Å²) in [6, 6.07) is 0.373. The van der Waals surface area contributed by atoms with Crippen molar-refractivity contribution in [3.63, 3.8) is 0 Å². The lowest BCUT2D eigenvalue weighted by atomic mass is 10.2. The van der Waals surface area contributed by atoms with Crippen LogP contribution in [0.1, 0.15) is 25.0 Å². The van der Waals surface area contributed by atoms with Crippen LogP contribution >= 0.6 is 11.3 Å². The van der Waals surface area contributed by atoms with E-state index in [-0.39, 0.29) is 0 Å². The molecule has 3 rings (SSSR count). The van der Waals surface area contributed by atoms with Crippen molar-refractivity contribution >= 4 is 26.5 Å². The quantitative estimate of drug-likeness (QED) is 0.896. The van der Waals surface area contributed by atoms with Gasteiger partial charge in [-0.05, 0) is 39.3 Å². The van der Waals surface area contributed by atoms with Crippen molar-refractivity contribution in [2.45, 2.75) is 36.4 Å². The Kier molecular flexibility index (Phi) is 3.74. The molecule has 0 bridgehead atoms. The summed E-state index contributed by atoms with van der Waals surface area (Å²) in [5.74, 6) is 0. The summed E-state index contributed by atoms with van der Waals surface area (Å²) in [5, 5.41) is 0.316. The maximum absolute atomic E-state index is 12.7. The van der Waals surface area contributed by atoms with Crippen molar-refractivity contribution in [1.29, 1.82) is 0 Å². The molecule has 0 aromatic carbocycles. The second kappa shape index (κ2) is 5.25. The lowest BCUT2D eigenvalue weighted by Gasteiger charge is -2.23. The predicted molar refractivity (Wildman–Crippen MR) is 79.2 cm³/mol. The van der Waals surface area contributed by atoms with Crippen molar-refractivity contribution < 1.29 is 8.42 Å². The Balaban J connectivity index is 1.77.